The number of hydrogen-bond acceptors (Lipinski definition) is 8. The summed E-state index contributed by atoms with van der Waals surface area (Å²) in [6, 6.07) is 2.80. The van der Waals surface area contributed by atoms with E-state index in [4.69, 9.17) is 10.2 Å². The van der Waals surface area contributed by atoms with Gasteiger partial charge in [-0.05, 0) is 49.8 Å². The van der Waals surface area contributed by atoms with Crippen LogP contribution in [0.1, 0.15) is 50.0 Å². The number of aliphatic carboxylic acids is 2. The summed E-state index contributed by atoms with van der Waals surface area (Å²) in [5, 5.41) is 28.9. The molecule has 2 heterocycles. The Balaban J connectivity index is 1.55. The quantitative estimate of drug-likeness (QED) is 0.260. The third-order valence-electron chi connectivity index (χ3n) is 8.94. The van der Waals surface area contributed by atoms with Crippen LogP contribution in [0.5, 0.6) is 11.5 Å². The molecule has 5 rings (SSSR count). The average Bonchev–Trinajstić information content (AvgIpc) is 3.32. The molecule has 1 aromatic carbocycles. The Kier molecular flexibility index (Phi) is 8.16. The topological polar surface area (TPSA) is 179 Å². The zero-order valence-corrected chi connectivity index (χ0v) is 23.2. The van der Waals surface area contributed by atoms with Crippen LogP contribution in [0.4, 0.5) is 13.2 Å². The maximum atomic E-state index is 13.7. The van der Waals surface area contributed by atoms with Gasteiger partial charge in [-0.15, -0.1) is 13.2 Å². The molecule has 2 aliphatic heterocycles. The van der Waals surface area contributed by atoms with Gasteiger partial charge in [-0.3, -0.25) is 38.6 Å². The van der Waals surface area contributed by atoms with Crippen molar-refractivity contribution < 1.29 is 62.0 Å². The summed E-state index contributed by atoms with van der Waals surface area (Å²) in [6.45, 7) is -0.335. The molecule has 6 atom stereocenters. The normalized spacial score (nSPS) is 28.0. The number of phenols is 1. The number of allylic oxidation sites excluding steroid dienone is 2. The molecule has 1 saturated carbocycles. The highest BCUT2D eigenvalue weighted by molar-refractivity contribution is 6.08. The molecule has 0 radical (unpaired) electrons. The summed E-state index contributed by atoms with van der Waals surface area (Å²) in [4.78, 5) is 78.2. The van der Waals surface area contributed by atoms with Gasteiger partial charge in [0, 0.05) is 37.4 Å². The standard InChI is InChI=1S/C29H29F3N2O10/c30-29(31,32)44-13-5-8-19(35)17(11-13)22-14-6-7-15-23(27(42)33(25(15)40)9-1-3-20(36)37)16(14)12-18-24(22)28(43)34(26(18)41)10-2-4-21(38)39/h5-6,8,11,15-16,18,22-24,35H,1-4,7,9-10,12H2,(H,36,37)(H,38,39). The largest absolute Gasteiger partial charge is 0.573 e. The van der Waals surface area contributed by atoms with Gasteiger partial charge in [-0.1, -0.05) is 11.6 Å². The highest BCUT2D eigenvalue weighted by Crippen LogP contribution is 2.59. The maximum Gasteiger partial charge on any atom is 0.573 e. The number of hydrogen-bond donors (Lipinski definition) is 3. The molecule has 236 valence electrons. The predicted octanol–water partition coefficient (Wildman–Crippen LogP) is 2.66. The van der Waals surface area contributed by atoms with E-state index in [1.54, 1.807) is 6.08 Å². The Bertz CT molecular complexity index is 1460. The van der Waals surface area contributed by atoms with Crippen LogP contribution in [0.3, 0.4) is 0 Å². The average molecular weight is 623 g/mol. The van der Waals surface area contributed by atoms with Gasteiger partial charge < -0.3 is 20.1 Å². The van der Waals surface area contributed by atoms with Crippen LogP contribution < -0.4 is 4.74 Å². The number of amides is 4. The van der Waals surface area contributed by atoms with E-state index >= 15 is 0 Å². The van der Waals surface area contributed by atoms with Crippen LogP contribution in [0.15, 0.2) is 29.8 Å². The lowest BCUT2D eigenvalue weighted by molar-refractivity contribution is -0.274. The maximum absolute atomic E-state index is 13.7. The third-order valence-corrected chi connectivity index (χ3v) is 8.94. The molecule has 44 heavy (non-hydrogen) atoms. The van der Waals surface area contributed by atoms with E-state index in [0.717, 1.165) is 28.0 Å². The van der Waals surface area contributed by atoms with Crippen molar-refractivity contribution in [2.75, 3.05) is 13.1 Å². The molecule has 15 heteroatoms. The molecule has 6 unspecified atom stereocenters. The van der Waals surface area contributed by atoms with E-state index in [2.05, 4.69) is 4.74 Å². The zero-order valence-electron chi connectivity index (χ0n) is 23.2. The number of halogens is 3. The molecule has 2 saturated heterocycles. The second-order valence-electron chi connectivity index (χ2n) is 11.4. The summed E-state index contributed by atoms with van der Waals surface area (Å²) in [5.74, 6) is -11.7. The van der Waals surface area contributed by atoms with Crippen LogP contribution in [-0.2, 0) is 28.8 Å². The highest BCUT2D eigenvalue weighted by atomic mass is 19.4. The molecule has 12 nitrogen and oxygen atoms in total. The summed E-state index contributed by atoms with van der Waals surface area (Å²) in [6.07, 6.45) is -4.00. The lowest BCUT2D eigenvalue weighted by Crippen LogP contribution is -2.43. The molecule has 0 aromatic heterocycles. The van der Waals surface area contributed by atoms with E-state index in [-0.39, 0.29) is 57.2 Å². The second-order valence-corrected chi connectivity index (χ2v) is 11.4. The van der Waals surface area contributed by atoms with E-state index in [1.807, 2.05) is 0 Å². The van der Waals surface area contributed by atoms with Crippen molar-refractivity contribution in [3.8, 4) is 11.5 Å². The summed E-state index contributed by atoms with van der Waals surface area (Å²) < 4.78 is 43.3. The Morgan fingerprint density at radius 2 is 1.41 bits per heavy atom. The fourth-order valence-corrected chi connectivity index (χ4v) is 7.26. The number of carbonyl (C=O) groups is 6. The molecule has 3 fully saturated rings. The van der Waals surface area contributed by atoms with Gasteiger partial charge in [-0.25, -0.2) is 0 Å². The number of ether oxygens (including phenoxy) is 1. The van der Waals surface area contributed by atoms with Crippen LogP contribution in [-0.4, -0.2) is 80.1 Å². The van der Waals surface area contributed by atoms with Crippen molar-refractivity contribution in [2.45, 2.75) is 50.8 Å². The van der Waals surface area contributed by atoms with Crippen molar-refractivity contribution in [1.29, 1.82) is 0 Å². The number of carboxylic acids is 2. The smallest absolute Gasteiger partial charge is 0.508 e. The van der Waals surface area contributed by atoms with Crippen LogP contribution >= 0.6 is 0 Å². The summed E-state index contributed by atoms with van der Waals surface area (Å²) >= 11 is 0. The molecule has 0 bridgehead atoms. The van der Waals surface area contributed by atoms with Crippen molar-refractivity contribution in [3.63, 3.8) is 0 Å². The molecule has 1 aromatic rings. The van der Waals surface area contributed by atoms with E-state index in [9.17, 15) is 47.0 Å². The molecular formula is C29H29F3N2O10. The number of likely N-dealkylation sites (tertiary alicyclic amines) is 2. The second kappa shape index (κ2) is 11.6. The lowest BCUT2D eigenvalue weighted by atomic mass is 9.57. The van der Waals surface area contributed by atoms with Gasteiger partial charge in [0.2, 0.25) is 23.6 Å². The lowest BCUT2D eigenvalue weighted by Gasteiger charge is -2.44. The molecule has 2 aliphatic carbocycles. The molecular weight excluding hydrogens is 593 g/mol. The molecule has 0 spiro atoms. The van der Waals surface area contributed by atoms with Crippen LogP contribution in [0.25, 0.3) is 0 Å². The number of aromatic hydroxyl groups is 1. The van der Waals surface area contributed by atoms with E-state index < -0.39 is 88.9 Å². The van der Waals surface area contributed by atoms with Crippen molar-refractivity contribution in [2.24, 2.45) is 29.6 Å². The fraction of sp³-hybridized carbons (Fsp3) is 0.517. The Morgan fingerprint density at radius 3 is 1.98 bits per heavy atom. The van der Waals surface area contributed by atoms with Crippen LogP contribution in [0, 0.1) is 29.6 Å². The Morgan fingerprint density at radius 1 is 0.841 bits per heavy atom. The Hall–Kier alpha value is -4.43. The number of nitrogens with zero attached hydrogens (tertiary/aromatic N) is 2. The van der Waals surface area contributed by atoms with Crippen molar-refractivity contribution >= 4 is 35.6 Å². The summed E-state index contributed by atoms with van der Waals surface area (Å²) in [7, 11) is 0. The minimum absolute atomic E-state index is 0.0304. The first-order valence-electron chi connectivity index (χ1n) is 14.1. The van der Waals surface area contributed by atoms with E-state index in [0.29, 0.717) is 5.57 Å². The predicted molar refractivity (Wildman–Crippen MR) is 139 cm³/mol. The number of benzene rings is 1. The first kappa shape index (κ1) is 31.0. The third kappa shape index (κ3) is 5.62. The molecule has 4 amide bonds. The zero-order chi connectivity index (χ0) is 32.1. The summed E-state index contributed by atoms with van der Waals surface area (Å²) in [5.41, 5.74) is 0.300. The minimum Gasteiger partial charge on any atom is -0.508 e. The number of phenolic OH excluding ortho intramolecular Hbond substituents is 1. The van der Waals surface area contributed by atoms with Crippen LogP contribution in [0.2, 0.25) is 0 Å². The number of carboxylic acid groups (broad SMARTS) is 2. The first-order valence-corrected chi connectivity index (χ1v) is 14.1. The van der Waals surface area contributed by atoms with Gasteiger partial charge in [0.1, 0.15) is 11.5 Å². The highest BCUT2D eigenvalue weighted by Gasteiger charge is 2.62. The van der Waals surface area contributed by atoms with Gasteiger partial charge in [0.05, 0.1) is 23.7 Å². The number of alkyl halides is 3. The van der Waals surface area contributed by atoms with E-state index in [1.165, 1.54) is 0 Å². The Labute approximate surface area is 248 Å². The number of imide groups is 2. The first-order chi connectivity index (χ1) is 20.7. The van der Waals surface area contributed by atoms with Crippen molar-refractivity contribution in [3.05, 3.63) is 35.4 Å². The molecule has 3 N–H and O–H groups in total. The fourth-order valence-electron chi connectivity index (χ4n) is 7.26. The minimum atomic E-state index is -5.07. The van der Waals surface area contributed by atoms with Gasteiger partial charge >= 0.3 is 18.3 Å². The van der Waals surface area contributed by atoms with Gasteiger partial charge in [0.15, 0.2) is 0 Å². The van der Waals surface area contributed by atoms with Gasteiger partial charge in [0.25, 0.3) is 0 Å². The number of fused-ring (bicyclic) bond motifs is 4. The molecule has 4 aliphatic rings. The monoisotopic (exact) mass is 622 g/mol. The van der Waals surface area contributed by atoms with Gasteiger partial charge in [-0.2, -0.15) is 0 Å². The number of carbonyl (C=O) groups excluding carboxylic acids is 4. The van der Waals surface area contributed by atoms with Crippen molar-refractivity contribution in [1.82, 2.24) is 9.80 Å². The SMILES string of the molecule is O=C(O)CCCN1C(=O)C2CC=C3C(CC4C(=O)N(CCCC(=O)O)C(=O)C4C3c3cc(OC(F)(F)F)ccc3O)C2C1=O. The number of rotatable bonds is 10.